The van der Waals surface area contributed by atoms with Gasteiger partial charge in [0.05, 0.1) is 6.61 Å². The summed E-state index contributed by atoms with van der Waals surface area (Å²) < 4.78 is 11.5. The van der Waals surface area contributed by atoms with Crippen molar-refractivity contribution in [3.05, 3.63) is 24.3 Å². The van der Waals surface area contributed by atoms with Crippen LogP contribution in [0.3, 0.4) is 0 Å². The van der Waals surface area contributed by atoms with Gasteiger partial charge in [0.25, 0.3) is 0 Å². The molecule has 0 bridgehead atoms. The molecule has 3 heteroatoms. The van der Waals surface area contributed by atoms with Gasteiger partial charge in [-0.2, -0.15) is 0 Å². The first kappa shape index (κ1) is 12.7. The molecule has 0 aliphatic heterocycles. The van der Waals surface area contributed by atoms with Crippen LogP contribution >= 0.6 is 15.9 Å². The van der Waals surface area contributed by atoms with Crippen LogP contribution in [-0.2, 0) is 0 Å². The summed E-state index contributed by atoms with van der Waals surface area (Å²) in [7, 11) is 0. The minimum atomic E-state index is 0.196. The molecule has 17 heavy (non-hydrogen) atoms. The van der Waals surface area contributed by atoms with E-state index >= 15 is 0 Å². The number of hydrogen-bond acceptors (Lipinski definition) is 2. The topological polar surface area (TPSA) is 18.5 Å². The molecule has 0 radical (unpaired) electrons. The second-order valence-electron chi connectivity index (χ2n) is 5.04. The minimum Gasteiger partial charge on any atom is -0.494 e. The molecule has 2 rings (SSSR count). The molecule has 2 unspecified atom stereocenters. The maximum absolute atomic E-state index is 6.01. The Morgan fingerprint density at radius 1 is 1.35 bits per heavy atom. The second kappa shape index (κ2) is 4.89. The van der Waals surface area contributed by atoms with Crippen LogP contribution < -0.4 is 9.47 Å². The first-order chi connectivity index (χ1) is 8.04. The molecule has 1 aromatic carbocycles. The van der Waals surface area contributed by atoms with E-state index in [-0.39, 0.29) is 11.5 Å². The van der Waals surface area contributed by atoms with Gasteiger partial charge in [0, 0.05) is 16.3 Å². The molecule has 1 fully saturated rings. The van der Waals surface area contributed by atoms with Gasteiger partial charge < -0.3 is 9.47 Å². The fourth-order valence-electron chi connectivity index (χ4n) is 2.00. The molecule has 1 aliphatic carbocycles. The highest BCUT2D eigenvalue weighted by molar-refractivity contribution is 9.09. The van der Waals surface area contributed by atoms with Crippen molar-refractivity contribution in [2.75, 3.05) is 6.61 Å². The Labute approximate surface area is 111 Å². The molecule has 0 amide bonds. The van der Waals surface area contributed by atoms with Crippen LogP contribution in [0.1, 0.15) is 27.2 Å². The van der Waals surface area contributed by atoms with Gasteiger partial charge in [0.15, 0.2) is 0 Å². The molecule has 2 atom stereocenters. The Hall–Kier alpha value is -0.700. The monoisotopic (exact) mass is 298 g/mol. The standard InChI is InChI=1S/C14H19BrO2/c1-4-16-10-6-5-7-11(8-10)17-13-9-12(15)14(13,2)3/h5-8,12-13H,4,9H2,1-3H3. The fraction of sp³-hybridized carbons (Fsp3) is 0.571. The minimum absolute atomic E-state index is 0.196. The Kier molecular flexibility index (Phi) is 3.67. The van der Waals surface area contributed by atoms with Crippen molar-refractivity contribution in [3.63, 3.8) is 0 Å². The average molecular weight is 299 g/mol. The Bertz CT molecular complexity index is 390. The highest BCUT2D eigenvalue weighted by Crippen LogP contribution is 2.47. The Morgan fingerprint density at radius 2 is 2.06 bits per heavy atom. The lowest BCUT2D eigenvalue weighted by atomic mass is 9.69. The van der Waals surface area contributed by atoms with Crippen LogP contribution in [-0.4, -0.2) is 17.5 Å². The molecule has 0 heterocycles. The number of benzene rings is 1. The summed E-state index contributed by atoms with van der Waals surface area (Å²) in [6.07, 6.45) is 1.34. The van der Waals surface area contributed by atoms with E-state index < -0.39 is 0 Å². The summed E-state index contributed by atoms with van der Waals surface area (Å²) in [5.41, 5.74) is 0.196. The van der Waals surface area contributed by atoms with Crippen molar-refractivity contribution in [1.82, 2.24) is 0 Å². The molecule has 1 aliphatic rings. The van der Waals surface area contributed by atoms with E-state index in [1.165, 1.54) is 0 Å². The quantitative estimate of drug-likeness (QED) is 0.782. The van der Waals surface area contributed by atoms with Crippen molar-refractivity contribution in [2.45, 2.75) is 38.1 Å². The SMILES string of the molecule is CCOc1cccc(OC2CC(Br)C2(C)C)c1. The van der Waals surface area contributed by atoms with E-state index in [9.17, 15) is 0 Å². The normalized spacial score (nSPS) is 26.1. The third-order valence-electron chi connectivity index (χ3n) is 3.45. The van der Waals surface area contributed by atoms with Crippen molar-refractivity contribution < 1.29 is 9.47 Å². The smallest absolute Gasteiger partial charge is 0.123 e. The summed E-state index contributed by atoms with van der Waals surface area (Å²) in [6.45, 7) is 7.12. The lowest BCUT2D eigenvalue weighted by Crippen LogP contribution is -2.53. The fourth-order valence-corrected chi connectivity index (χ4v) is 2.64. The van der Waals surface area contributed by atoms with E-state index in [1.807, 2.05) is 31.2 Å². The van der Waals surface area contributed by atoms with E-state index in [0.29, 0.717) is 11.4 Å². The number of alkyl halides is 1. The van der Waals surface area contributed by atoms with Crippen LogP contribution in [0.4, 0.5) is 0 Å². The van der Waals surface area contributed by atoms with Crippen molar-refractivity contribution in [3.8, 4) is 11.5 Å². The zero-order valence-corrected chi connectivity index (χ0v) is 12.2. The van der Waals surface area contributed by atoms with Gasteiger partial charge in [0.1, 0.15) is 17.6 Å². The van der Waals surface area contributed by atoms with Gasteiger partial charge in [-0.15, -0.1) is 0 Å². The van der Waals surface area contributed by atoms with Crippen molar-refractivity contribution >= 4 is 15.9 Å². The van der Waals surface area contributed by atoms with E-state index in [1.54, 1.807) is 0 Å². The van der Waals surface area contributed by atoms with Crippen LogP contribution in [0.15, 0.2) is 24.3 Å². The molecule has 0 spiro atoms. The van der Waals surface area contributed by atoms with Gasteiger partial charge in [-0.1, -0.05) is 35.8 Å². The number of ether oxygens (including phenoxy) is 2. The van der Waals surface area contributed by atoms with Gasteiger partial charge in [-0.3, -0.25) is 0 Å². The van der Waals surface area contributed by atoms with E-state index in [2.05, 4.69) is 29.8 Å². The molecule has 1 saturated carbocycles. The maximum Gasteiger partial charge on any atom is 0.123 e. The first-order valence-electron chi connectivity index (χ1n) is 6.07. The average Bonchev–Trinajstić information content (AvgIpc) is 2.30. The lowest BCUT2D eigenvalue weighted by molar-refractivity contribution is -0.00792. The molecule has 2 nitrogen and oxygen atoms in total. The van der Waals surface area contributed by atoms with Gasteiger partial charge in [-0.25, -0.2) is 0 Å². The third-order valence-corrected chi connectivity index (χ3v) is 5.01. The predicted molar refractivity (Wildman–Crippen MR) is 73.1 cm³/mol. The highest BCUT2D eigenvalue weighted by atomic mass is 79.9. The molecular weight excluding hydrogens is 280 g/mol. The van der Waals surface area contributed by atoms with Gasteiger partial charge in [0.2, 0.25) is 0 Å². The maximum atomic E-state index is 6.01. The Morgan fingerprint density at radius 3 is 2.65 bits per heavy atom. The Balaban J connectivity index is 2.02. The molecule has 1 aromatic rings. The largest absolute Gasteiger partial charge is 0.494 e. The van der Waals surface area contributed by atoms with Crippen molar-refractivity contribution in [2.24, 2.45) is 5.41 Å². The van der Waals surface area contributed by atoms with Crippen LogP contribution in [0.25, 0.3) is 0 Å². The molecule has 0 saturated heterocycles. The van der Waals surface area contributed by atoms with Gasteiger partial charge in [-0.05, 0) is 25.5 Å². The molecular formula is C14H19BrO2. The summed E-state index contributed by atoms with van der Waals surface area (Å²) in [4.78, 5) is 0.551. The predicted octanol–water partition coefficient (Wildman–Crippen LogP) is 4.03. The zero-order valence-electron chi connectivity index (χ0n) is 10.6. The van der Waals surface area contributed by atoms with Crippen molar-refractivity contribution in [1.29, 1.82) is 0 Å². The summed E-state index contributed by atoms with van der Waals surface area (Å²) in [6, 6.07) is 7.87. The molecule has 0 N–H and O–H groups in total. The number of halogens is 1. The summed E-state index contributed by atoms with van der Waals surface area (Å²) in [5, 5.41) is 0. The zero-order chi connectivity index (χ0) is 12.5. The molecule has 0 aromatic heterocycles. The summed E-state index contributed by atoms with van der Waals surface area (Å²) >= 11 is 3.67. The summed E-state index contributed by atoms with van der Waals surface area (Å²) in [5.74, 6) is 1.77. The molecule has 94 valence electrons. The van der Waals surface area contributed by atoms with E-state index in [4.69, 9.17) is 9.47 Å². The van der Waals surface area contributed by atoms with Crippen LogP contribution in [0.5, 0.6) is 11.5 Å². The van der Waals surface area contributed by atoms with Crippen LogP contribution in [0, 0.1) is 5.41 Å². The number of hydrogen-bond donors (Lipinski definition) is 0. The van der Waals surface area contributed by atoms with E-state index in [0.717, 1.165) is 17.9 Å². The lowest BCUT2D eigenvalue weighted by Gasteiger charge is -2.48. The van der Waals surface area contributed by atoms with Crippen LogP contribution in [0.2, 0.25) is 0 Å². The highest BCUT2D eigenvalue weighted by Gasteiger charge is 2.48. The third kappa shape index (κ3) is 2.59. The van der Waals surface area contributed by atoms with Gasteiger partial charge >= 0.3 is 0 Å². The first-order valence-corrected chi connectivity index (χ1v) is 6.99. The second-order valence-corrected chi connectivity index (χ2v) is 6.14. The number of rotatable bonds is 4.